The molecule has 4 aliphatic rings. The molecule has 2 atom stereocenters. The lowest BCUT2D eigenvalue weighted by molar-refractivity contribution is -0.136. The van der Waals surface area contributed by atoms with Crippen LogP contribution in [-0.2, 0) is 22.5 Å². The molecule has 2 fully saturated rings. The van der Waals surface area contributed by atoms with E-state index in [-0.39, 0.29) is 35.3 Å². The fourth-order valence-corrected chi connectivity index (χ4v) is 6.64. The number of imide groups is 1. The molecule has 7 nitrogen and oxygen atoms in total. The molecule has 194 valence electrons. The highest BCUT2D eigenvalue weighted by atomic mass is 16.5. The second-order valence-electron chi connectivity index (χ2n) is 11.5. The van der Waals surface area contributed by atoms with E-state index in [4.69, 9.17) is 4.74 Å². The molecular weight excluding hydrogens is 466 g/mol. The van der Waals surface area contributed by atoms with Crippen LogP contribution in [0.25, 0.3) is 0 Å². The van der Waals surface area contributed by atoms with Crippen LogP contribution in [0.15, 0.2) is 42.5 Å². The minimum atomic E-state index is -0.365. The number of ether oxygens (including phenoxy) is 1. The van der Waals surface area contributed by atoms with E-state index in [0.29, 0.717) is 43.7 Å². The Morgan fingerprint density at radius 3 is 2.59 bits per heavy atom. The number of rotatable bonds is 3. The first-order valence-electron chi connectivity index (χ1n) is 13.6. The van der Waals surface area contributed by atoms with Gasteiger partial charge in [0.15, 0.2) is 0 Å². The van der Waals surface area contributed by atoms with Crippen molar-refractivity contribution < 1.29 is 19.1 Å². The second-order valence-corrected chi connectivity index (χ2v) is 11.5. The van der Waals surface area contributed by atoms with Crippen molar-refractivity contribution >= 4 is 23.4 Å². The molecule has 0 radical (unpaired) electrons. The van der Waals surface area contributed by atoms with Gasteiger partial charge in [-0.1, -0.05) is 30.3 Å². The number of benzene rings is 2. The number of anilines is 1. The maximum absolute atomic E-state index is 13.7. The number of amides is 3. The quantitative estimate of drug-likeness (QED) is 0.594. The van der Waals surface area contributed by atoms with E-state index in [2.05, 4.69) is 23.1 Å². The lowest BCUT2D eigenvalue weighted by Crippen LogP contribution is -2.48. The molecule has 0 saturated carbocycles. The number of fused-ring (bicyclic) bond motifs is 2. The molecule has 3 amide bonds. The van der Waals surface area contributed by atoms with Crippen LogP contribution in [0.2, 0.25) is 0 Å². The van der Waals surface area contributed by atoms with Crippen LogP contribution in [0, 0.1) is 5.92 Å². The molecule has 6 rings (SSSR count). The highest BCUT2D eigenvalue weighted by molar-refractivity contribution is 6.24. The van der Waals surface area contributed by atoms with E-state index in [9.17, 15) is 14.4 Å². The van der Waals surface area contributed by atoms with Gasteiger partial charge < -0.3 is 14.5 Å². The maximum Gasteiger partial charge on any atom is 0.263 e. The van der Waals surface area contributed by atoms with Crippen LogP contribution in [0.4, 0.5) is 5.69 Å². The molecule has 37 heavy (non-hydrogen) atoms. The molecule has 0 bridgehead atoms. The largest absolute Gasteiger partial charge is 0.375 e. The molecule has 2 aromatic carbocycles. The molecule has 0 aromatic heterocycles. The average molecular weight is 502 g/mol. The highest BCUT2D eigenvalue weighted by Gasteiger charge is 2.45. The third kappa shape index (κ3) is 4.33. The first kappa shape index (κ1) is 24.2. The summed E-state index contributed by atoms with van der Waals surface area (Å²) in [5.74, 6) is -0.338. The van der Waals surface area contributed by atoms with Gasteiger partial charge in [-0.25, -0.2) is 0 Å². The van der Waals surface area contributed by atoms with E-state index in [1.54, 1.807) is 6.07 Å². The maximum atomic E-state index is 13.7. The summed E-state index contributed by atoms with van der Waals surface area (Å²) in [6, 6.07) is 13.8. The second kappa shape index (κ2) is 9.28. The van der Waals surface area contributed by atoms with E-state index in [1.807, 2.05) is 36.9 Å². The zero-order chi connectivity index (χ0) is 25.7. The Bertz CT molecular complexity index is 1260. The van der Waals surface area contributed by atoms with Crippen molar-refractivity contribution in [3.8, 4) is 0 Å². The molecule has 4 heterocycles. The summed E-state index contributed by atoms with van der Waals surface area (Å²) in [6.45, 7) is 7.30. The number of hydrogen-bond acceptors (Lipinski definition) is 5. The van der Waals surface area contributed by atoms with Gasteiger partial charge in [-0.3, -0.25) is 19.3 Å². The monoisotopic (exact) mass is 501 g/mol. The molecule has 2 aromatic rings. The number of carbonyl (C=O) groups is 3. The molecule has 0 spiro atoms. The Balaban J connectivity index is 1.22. The van der Waals surface area contributed by atoms with Crippen molar-refractivity contribution in [2.75, 3.05) is 31.1 Å². The minimum absolute atomic E-state index is 0.116. The third-order valence-corrected chi connectivity index (χ3v) is 8.51. The van der Waals surface area contributed by atoms with Gasteiger partial charge in [0.25, 0.3) is 11.8 Å². The fraction of sp³-hybridized carbons (Fsp3) is 0.500. The number of carbonyl (C=O) groups excluding carboxylic acids is 3. The van der Waals surface area contributed by atoms with Gasteiger partial charge >= 0.3 is 0 Å². The molecule has 0 aliphatic carbocycles. The van der Waals surface area contributed by atoms with Crippen molar-refractivity contribution in [3.63, 3.8) is 0 Å². The predicted octanol–water partition coefficient (Wildman–Crippen LogP) is 4.04. The molecular formula is C30H35N3O4. The van der Waals surface area contributed by atoms with Crippen molar-refractivity contribution in [2.24, 2.45) is 5.92 Å². The van der Waals surface area contributed by atoms with Crippen LogP contribution in [0.5, 0.6) is 0 Å². The summed E-state index contributed by atoms with van der Waals surface area (Å²) in [6.07, 6.45) is 3.90. The van der Waals surface area contributed by atoms with Crippen molar-refractivity contribution in [2.45, 2.75) is 64.1 Å². The van der Waals surface area contributed by atoms with Crippen molar-refractivity contribution in [1.29, 1.82) is 0 Å². The standard InChI is InChI=1S/C30H35N3O4/c1-30(2)17-23(13-16-37-30)33-28(35)24-10-5-11-25(26(24)29(33)36)31-14-6-9-22(19-31)27(34)32-15-12-20-7-3-4-8-21(20)18-32/h3-5,7-8,10-11,22-23H,6,9,12-19H2,1-2H3/t22-,23+/m1/s1. The van der Waals surface area contributed by atoms with Crippen LogP contribution in [0.3, 0.4) is 0 Å². The van der Waals surface area contributed by atoms with E-state index in [1.165, 1.54) is 16.0 Å². The molecule has 0 N–H and O–H groups in total. The highest BCUT2D eigenvalue weighted by Crippen LogP contribution is 2.38. The van der Waals surface area contributed by atoms with Gasteiger partial charge in [-0.15, -0.1) is 0 Å². The van der Waals surface area contributed by atoms with Crippen LogP contribution >= 0.6 is 0 Å². The van der Waals surface area contributed by atoms with Crippen molar-refractivity contribution in [1.82, 2.24) is 9.80 Å². The van der Waals surface area contributed by atoms with Gasteiger partial charge in [-0.2, -0.15) is 0 Å². The van der Waals surface area contributed by atoms with E-state index in [0.717, 1.165) is 38.0 Å². The first-order chi connectivity index (χ1) is 17.8. The zero-order valence-electron chi connectivity index (χ0n) is 21.7. The summed E-state index contributed by atoms with van der Waals surface area (Å²) >= 11 is 0. The first-order valence-corrected chi connectivity index (χ1v) is 13.6. The van der Waals surface area contributed by atoms with Crippen molar-refractivity contribution in [3.05, 3.63) is 64.7 Å². The number of piperidine rings is 1. The Morgan fingerprint density at radius 1 is 0.973 bits per heavy atom. The minimum Gasteiger partial charge on any atom is -0.375 e. The molecule has 2 saturated heterocycles. The summed E-state index contributed by atoms with van der Waals surface area (Å²) in [4.78, 5) is 46.3. The van der Waals surface area contributed by atoms with E-state index < -0.39 is 0 Å². The normalized spacial score (nSPS) is 25.2. The van der Waals surface area contributed by atoms with Gasteiger partial charge in [0.2, 0.25) is 5.91 Å². The summed E-state index contributed by atoms with van der Waals surface area (Å²) < 4.78 is 5.83. The predicted molar refractivity (Wildman–Crippen MR) is 140 cm³/mol. The topological polar surface area (TPSA) is 70.2 Å². The Hall–Kier alpha value is -3.19. The van der Waals surface area contributed by atoms with Gasteiger partial charge in [-0.05, 0) is 69.2 Å². The summed E-state index contributed by atoms with van der Waals surface area (Å²) in [5.41, 5.74) is 3.96. The van der Waals surface area contributed by atoms with Gasteiger partial charge in [0.1, 0.15) is 0 Å². The average Bonchev–Trinajstić information content (AvgIpc) is 3.17. The number of nitrogens with zero attached hydrogens (tertiary/aromatic N) is 3. The summed E-state index contributed by atoms with van der Waals surface area (Å²) in [7, 11) is 0. The van der Waals surface area contributed by atoms with Gasteiger partial charge in [0, 0.05) is 38.8 Å². The molecule has 7 heteroatoms. The SMILES string of the molecule is CC1(C)C[C@@H](N2C(=O)c3cccc(N4CCC[C@@H](C(=O)N5CCc6ccccc6C5)C4)c3C2=O)CCO1. The molecule has 4 aliphatic heterocycles. The lowest BCUT2D eigenvalue weighted by atomic mass is 9.92. The number of hydrogen-bond donors (Lipinski definition) is 0. The van der Waals surface area contributed by atoms with Crippen LogP contribution < -0.4 is 4.90 Å². The Labute approximate surface area is 218 Å². The zero-order valence-corrected chi connectivity index (χ0v) is 21.7. The fourth-order valence-electron chi connectivity index (χ4n) is 6.64. The molecule has 0 unspecified atom stereocenters. The van der Waals surface area contributed by atoms with E-state index >= 15 is 0 Å². The third-order valence-electron chi connectivity index (χ3n) is 8.51. The Morgan fingerprint density at radius 2 is 1.78 bits per heavy atom. The smallest absolute Gasteiger partial charge is 0.263 e. The summed E-state index contributed by atoms with van der Waals surface area (Å²) in [5, 5.41) is 0. The van der Waals surface area contributed by atoms with Crippen LogP contribution in [0.1, 0.15) is 71.4 Å². The lowest BCUT2D eigenvalue weighted by Gasteiger charge is -2.39. The van der Waals surface area contributed by atoms with Gasteiger partial charge in [0.05, 0.1) is 28.3 Å². The van der Waals surface area contributed by atoms with Crippen LogP contribution in [-0.4, -0.2) is 65.4 Å². The Kier molecular flexibility index (Phi) is 6.06.